The molecule has 32 heavy (non-hydrogen) atoms. The Morgan fingerprint density at radius 2 is 1.72 bits per heavy atom. The van der Waals surface area contributed by atoms with E-state index in [1.807, 2.05) is 26.0 Å². The highest BCUT2D eigenvalue weighted by Gasteiger charge is 2.16. The first-order chi connectivity index (χ1) is 15.1. The minimum absolute atomic E-state index is 0.178. The maximum Gasteiger partial charge on any atom is 0.349 e. The lowest BCUT2D eigenvalue weighted by molar-refractivity contribution is -0.142. The van der Waals surface area contributed by atoms with E-state index in [0.29, 0.717) is 17.3 Å². The van der Waals surface area contributed by atoms with Gasteiger partial charge in [-0.05, 0) is 61.7 Å². The third-order valence-electron chi connectivity index (χ3n) is 4.62. The average molecular weight is 437 g/mol. The van der Waals surface area contributed by atoms with Gasteiger partial charge >= 0.3 is 5.97 Å². The fourth-order valence-electron chi connectivity index (χ4n) is 3.16. The number of carbonyl (C=O) groups is 3. The molecule has 0 aliphatic rings. The number of anilines is 2. The summed E-state index contributed by atoms with van der Waals surface area (Å²) in [5.41, 5.74) is 3.66. The summed E-state index contributed by atoms with van der Waals surface area (Å²) in [6, 6.07) is 10.3. The van der Waals surface area contributed by atoms with Crippen molar-refractivity contribution in [3.63, 3.8) is 0 Å². The summed E-state index contributed by atoms with van der Waals surface area (Å²) < 4.78 is 7.15. The summed E-state index contributed by atoms with van der Waals surface area (Å²) in [4.78, 5) is 35.5. The lowest BCUT2D eigenvalue weighted by Crippen LogP contribution is -2.21. The van der Waals surface area contributed by atoms with Crippen molar-refractivity contribution < 1.29 is 19.1 Å². The molecule has 2 amide bonds. The van der Waals surface area contributed by atoms with E-state index in [0.717, 1.165) is 23.5 Å². The van der Waals surface area contributed by atoms with Gasteiger partial charge in [0.2, 0.25) is 5.91 Å². The van der Waals surface area contributed by atoms with Gasteiger partial charge in [0.1, 0.15) is 11.6 Å². The Bertz CT molecular complexity index is 1070. The van der Waals surface area contributed by atoms with Crippen LogP contribution in [0, 0.1) is 31.1 Å². The van der Waals surface area contributed by atoms with Crippen molar-refractivity contribution in [2.45, 2.75) is 41.2 Å². The fourth-order valence-corrected chi connectivity index (χ4v) is 3.16. The van der Waals surface area contributed by atoms with Crippen LogP contribution in [0.5, 0.6) is 0 Å². The maximum atomic E-state index is 12.3. The maximum absolute atomic E-state index is 12.3. The Balaban J connectivity index is 1.99. The predicted octanol–water partition coefficient (Wildman–Crippen LogP) is 3.81. The normalized spacial score (nSPS) is 11.1. The molecule has 2 N–H and O–H groups in total. The van der Waals surface area contributed by atoms with Gasteiger partial charge in [-0.25, -0.2) is 4.79 Å². The van der Waals surface area contributed by atoms with Crippen LogP contribution in [-0.2, 0) is 25.7 Å². The Morgan fingerprint density at radius 1 is 1.12 bits per heavy atom. The third-order valence-corrected chi connectivity index (χ3v) is 4.62. The van der Waals surface area contributed by atoms with Crippen molar-refractivity contribution in [1.82, 2.24) is 4.57 Å². The molecule has 2 rings (SSSR count). The van der Waals surface area contributed by atoms with Gasteiger partial charge in [-0.3, -0.25) is 9.59 Å². The number of benzene rings is 1. The molecule has 168 valence electrons. The minimum Gasteiger partial charge on any atom is -0.451 e. The van der Waals surface area contributed by atoms with Gasteiger partial charge in [0.15, 0.2) is 6.61 Å². The summed E-state index contributed by atoms with van der Waals surface area (Å²) in [6.45, 7) is 9.86. The zero-order valence-corrected chi connectivity index (χ0v) is 19.0. The van der Waals surface area contributed by atoms with Crippen LogP contribution < -0.4 is 10.6 Å². The highest BCUT2D eigenvalue weighted by atomic mass is 16.5. The van der Waals surface area contributed by atoms with Crippen LogP contribution in [0.15, 0.2) is 35.9 Å². The van der Waals surface area contributed by atoms with Crippen molar-refractivity contribution in [3.8, 4) is 6.07 Å². The second-order valence-corrected chi connectivity index (χ2v) is 7.88. The molecule has 0 aliphatic heterocycles. The Hall–Kier alpha value is -3.86. The third kappa shape index (κ3) is 6.84. The van der Waals surface area contributed by atoms with Gasteiger partial charge in [0, 0.05) is 36.2 Å². The van der Waals surface area contributed by atoms with E-state index in [-0.39, 0.29) is 11.5 Å². The van der Waals surface area contributed by atoms with Crippen molar-refractivity contribution in [3.05, 3.63) is 52.9 Å². The van der Waals surface area contributed by atoms with Crippen LogP contribution in [0.1, 0.15) is 37.7 Å². The molecule has 8 heteroatoms. The van der Waals surface area contributed by atoms with Crippen molar-refractivity contribution in [2.75, 3.05) is 17.2 Å². The zero-order valence-electron chi connectivity index (χ0n) is 19.0. The smallest absolute Gasteiger partial charge is 0.349 e. The highest BCUT2D eigenvalue weighted by molar-refractivity contribution is 6.00. The zero-order chi connectivity index (χ0) is 23.8. The molecule has 2 aromatic rings. The lowest BCUT2D eigenvalue weighted by Gasteiger charge is -2.12. The molecule has 0 saturated heterocycles. The summed E-state index contributed by atoms with van der Waals surface area (Å²) in [5.74, 6) is -1.15. The molecule has 0 radical (unpaired) electrons. The lowest BCUT2D eigenvalue weighted by atomic mass is 10.1. The Morgan fingerprint density at radius 3 is 2.25 bits per heavy atom. The second-order valence-electron chi connectivity index (χ2n) is 7.88. The number of nitrogens with one attached hydrogen (secondary N) is 2. The number of aromatic nitrogens is 1. The molecule has 0 unspecified atom stereocenters. The van der Waals surface area contributed by atoms with E-state index in [1.54, 1.807) is 24.3 Å². The van der Waals surface area contributed by atoms with E-state index in [4.69, 9.17) is 4.74 Å². The highest BCUT2D eigenvalue weighted by Crippen LogP contribution is 2.20. The molecule has 8 nitrogen and oxygen atoms in total. The van der Waals surface area contributed by atoms with E-state index in [9.17, 15) is 19.6 Å². The number of rotatable bonds is 8. The molecular weight excluding hydrogens is 408 g/mol. The van der Waals surface area contributed by atoms with Crippen molar-refractivity contribution >= 4 is 35.2 Å². The van der Waals surface area contributed by atoms with E-state index in [2.05, 4.69) is 29.0 Å². The number of hydrogen-bond donors (Lipinski definition) is 2. The van der Waals surface area contributed by atoms with E-state index in [1.165, 1.54) is 13.0 Å². The van der Waals surface area contributed by atoms with E-state index < -0.39 is 18.5 Å². The summed E-state index contributed by atoms with van der Waals surface area (Å²) in [5, 5.41) is 14.6. The monoisotopic (exact) mass is 436 g/mol. The van der Waals surface area contributed by atoms with Gasteiger partial charge in [0.05, 0.1) is 0 Å². The van der Waals surface area contributed by atoms with Crippen LogP contribution in [-0.4, -0.2) is 29.0 Å². The Kier molecular flexibility index (Phi) is 8.36. The first kappa shape index (κ1) is 24.4. The van der Waals surface area contributed by atoms with Crippen LogP contribution in [0.25, 0.3) is 6.08 Å². The number of esters is 1. The van der Waals surface area contributed by atoms with Gasteiger partial charge in [-0.2, -0.15) is 5.26 Å². The molecule has 0 atom stereocenters. The van der Waals surface area contributed by atoms with Gasteiger partial charge < -0.3 is 19.9 Å². The summed E-state index contributed by atoms with van der Waals surface area (Å²) >= 11 is 0. The average Bonchev–Trinajstić information content (AvgIpc) is 2.98. The molecule has 0 fully saturated rings. The van der Waals surface area contributed by atoms with Gasteiger partial charge in [-0.15, -0.1) is 0 Å². The van der Waals surface area contributed by atoms with Gasteiger partial charge in [0.25, 0.3) is 5.91 Å². The number of nitrogens with zero attached hydrogens (tertiary/aromatic N) is 2. The quantitative estimate of drug-likeness (QED) is 0.371. The molecule has 0 aliphatic carbocycles. The van der Waals surface area contributed by atoms with Crippen LogP contribution in [0.2, 0.25) is 0 Å². The number of amides is 2. The van der Waals surface area contributed by atoms with Crippen LogP contribution >= 0.6 is 0 Å². The first-order valence-electron chi connectivity index (χ1n) is 10.2. The molecule has 0 saturated carbocycles. The van der Waals surface area contributed by atoms with Crippen LogP contribution in [0.3, 0.4) is 0 Å². The number of nitriles is 1. The van der Waals surface area contributed by atoms with Crippen LogP contribution in [0.4, 0.5) is 11.4 Å². The number of ether oxygens (including phenoxy) is 1. The first-order valence-corrected chi connectivity index (χ1v) is 10.2. The summed E-state index contributed by atoms with van der Waals surface area (Å²) in [6.07, 6.45) is 1.49. The number of hydrogen-bond acceptors (Lipinski definition) is 5. The van der Waals surface area contributed by atoms with Gasteiger partial charge in [-0.1, -0.05) is 13.8 Å². The topological polar surface area (TPSA) is 113 Å². The standard InChI is InChI=1S/C24H28N4O4/c1-15(2)13-28-16(3)10-19(17(28)4)11-20(12-25)24(31)32-14-23(30)27-22-8-6-21(7-9-22)26-18(5)29/h6-11,15H,13-14H2,1-5H3,(H,26,29)(H,27,30). The number of carbonyl (C=O) groups excluding carboxylic acids is 3. The molecular formula is C24H28N4O4. The Labute approximate surface area is 187 Å². The number of aryl methyl sites for hydroxylation is 1. The molecule has 1 heterocycles. The summed E-state index contributed by atoms with van der Waals surface area (Å²) in [7, 11) is 0. The molecule has 0 spiro atoms. The fraction of sp³-hybridized carbons (Fsp3) is 0.333. The largest absolute Gasteiger partial charge is 0.451 e. The predicted molar refractivity (Wildman–Crippen MR) is 123 cm³/mol. The van der Waals surface area contributed by atoms with E-state index >= 15 is 0 Å². The van der Waals surface area contributed by atoms with Crippen molar-refractivity contribution in [2.24, 2.45) is 5.92 Å². The molecule has 1 aromatic heterocycles. The minimum atomic E-state index is -0.864. The SMILES string of the molecule is CC(=O)Nc1ccc(NC(=O)COC(=O)C(C#N)=Cc2cc(C)n(CC(C)C)c2C)cc1. The second kappa shape index (κ2) is 11.0. The van der Waals surface area contributed by atoms with Crippen molar-refractivity contribution in [1.29, 1.82) is 5.26 Å². The molecule has 0 bridgehead atoms. The molecule has 1 aromatic carbocycles.